The largest absolute Gasteiger partial charge is 0.545 e. The van der Waals surface area contributed by atoms with E-state index in [4.69, 9.17) is 0 Å². The van der Waals surface area contributed by atoms with Crippen molar-refractivity contribution in [2.24, 2.45) is 0 Å². The molecule has 0 aliphatic rings. The number of carbonyl (C=O) groups excluding carboxylic acids is 3. The molecule has 20 heavy (non-hydrogen) atoms. The van der Waals surface area contributed by atoms with Crippen molar-refractivity contribution < 1.29 is 24.4 Å². The first kappa shape index (κ1) is 14.8. The molecule has 0 spiro atoms. The number of hydrogen-bond donors (Lipinski definition) is 2. The topological polar surface area (TPSA) is 141 Å². The molecule has 1 aromatic rings. The molecule has 0 fully saturated rings. The number of rotatable bonds is 4. The van der Waals surface area contributed by atoms with E-state index in [0.717, 1.165) is 12.1 Å². The SMILES string of the molecule is O=C([O-])C=CC(=O)NNC(=O)c1ccc([N+](=O)[O-])cc1. The minimum atomic E-state index is -1.55. The van der Waals surface area contributed by atoms with Gasteiger partial charge in [0.25, 0.3) is 17.5 Å². The number of carbonyl (C=O) groups is 3. The van der Waals surface area contributed by atoms with Gasteiger partial charge in [0.1, 0.15) is 0 Å². The van der Waals surface area contributed by atoms with E-state index in [1.165, 1.54) is 12.1 Å². The molecular weight excluding hydrogens is 270 g/mol. The first-order chi connectivity index (χ1) is 9.40. The van der Waals surface area contributed by atoms with Crippen LogP contribution in [0.2, 0.25) is 0 Å². The minimum Gasteiger partial charge on any atom is -0.545 e. The van der Waals surface area contributed by atoms with Crippen LogP contribution in [0.1, 0.15) is 10.4 Å². The van der Waals surface area contributed by atoms with E-state index in [2.05, 4.69) is 0 Å². The Hall–Kier alpha value is -3.23. The van der Waals surface area contributed by atoms with Crippen LogP contribution in [-0.2, 0) is 9.59 Å². The maximum absolute atomic E-state index is 11.5. The highest BCUT2D eigenvalue weighted by Crippen LogP contribution is 2.11. The smallest absolute Gasteiger partial charge is 0.269 e. The number of hydrogen-bond acceptors (Lipinski definition) is 6. The van der Waals surface area contributed by atoms with Gasteiger partial charge >= 0.3 is 0 Å². The van der Waals surface area contributed by atoms with Crippen molar-refractivity contribution in [3.05, 3.63) is 52.1 Å². The Morgan fingerprint density at radius 1 is 1.05 bits per heavy atom. The average Bonchev–Trinajstić information content (AvgIpc) is 2.42. The van der Waals surface area contributed by atoms with Crippen LogP contribution in [0.5, 0.6) is 0 Å². The van der Waals surface area contributed by atoms with E-state index < -0.39 is 22.7 Å². The molecular formula is C11H8N3O6-. The van der Waals surface area contributed by atoms with Crippen molar-refractivity contribution in [3.63, 3.8) is 0 Å². The lowest BCUT2D eigenvalue weighted by Crippen LogP contribution is -2.40. The monoisotopic (exact) mass is 278 g/mol. The van der Waals surface area contributed by atoms with E-state index in [1.807, 2.05) is 10.9 Å². The molecule has 9 nitrogen and oxygen atoms in total. The van der Waals surface area contributed by atoms with Gasteiger partial charge in [-0.25, -0.2) is 0 Å². The highest BCUT2D eigenvalue weighted by Gasteiger charge is 2.09. The van der Waals surface area contributed by atoms with E-state index in [0.29, 0.717) is 12.2 Å². The normalized spacial score (nSPS) is 10.0. The molecule has 0 aliphatic carbocycles. The molecule has 1 rings (SSSR count). The summed E-state index contributed by atoms with van der Waals surface area (Å²) in [6.45, 7) is 0. The number of benzene rings is 1. The lowest BCUT2D eigenvalue weighted by atomic mass is 10.2. The Morgan fingerprint density at radius 2 is 1.65 bits per heavy atom. The van der Waals surface area contributed by atoms with Gasteiger partial charge in [-0.3, -0.25) is 30.6 Å². The van der Waals surface area contributed by atoms with Crippen LogP contribution in [0.3, 0.4) is 0 Å². The first-order valence-electron chi connectivity index (χ1n) is 5.14. The first-order valence-corrected chi connectivity index (χ1v) is 5.14. The number of carboxylic acid groups (broad SMARTS) is 1. The fraction of sp³-hybridized carbons (Fsp3) is 0. The number of nitro benzene ring substituents is 1. The third-order valence-electron chi connectivity index (χ3n) is 2.01. The van der Waals surface area contributed by atoms with Crippen LogP contribution in [0, 0.1) is 10.1 Å². The third-order valence-corrected chi connectivity index (χ3v) is 2.01. The Labute approximate surface area is 112 Å². The van der Waals surface area contributed by atoms with Gasteiger partial charge in [0.15, 0.2) is 0 Å². The quantitative estimate of drug-likeness (QED) is 0.396. The fourth-order valence-corrected chi connectivity index (χ4v) is 1.11. The standard InChI is InChI=1S/C11H9N3O6/c15-9(5-6-10(16)17)12-13-11(18)7-1-3-8(4-2-7)14(19)20/h1-6H,(H,12,15)(H,13,18)(H,16,17)/p-1. The van der Waals surface area contributed by atoms with Gasteiger partial charge in [0.05, 0.1) is 10.9 Å². The molecule has 1 aromatic carbocycles. The summed E-state index contributed by atoms with van der Waals surface area (Å²) in [5.41, 5.74) is 3.83. The predicted molar refractivity (Wildman–Crippen MR) is 62.9 cm³/mol. The summed E-state index contributed by atoms with van der Waals surface area (Å²) in [5.74, 6) is -3.14. The summed E-state index contributed by atoms with van der Waals surface area (Å²) >= 11 is 0. The summed E-state index contributed by atoms with van der Waals surface area (Å²) in [4.78, 5) is 42.4. The van der Waals surface area contributed by atoms with E-state index in [9.17, 15) is 29.6 Å². The van der Waals surface area contributed by atoms with Gasteiger partial charge in [-0.15, -0.1) is 0 Å². The highest BCUT2D eigenvalue weighted by atomic mass is 16.6. The van der Waals surface area contributed by atoms with Crippen LogP contribution < -0.4 is 16.0 Å². The molecule has 2 N–H and O–H groups in total. The van der Waals surface area contributed by atoms with Crippen molar-refractivity contribution in [1.82, 2.24) is 10.9 Å². The highest BCUT2D eigenvalue weighted by molar-refractivity contribution is 5.98. The number of non-ortho nitro benzene ring substituents is 1. The van der Waals surface area contributed by atoms with Gasteiger partial charge in [-0.05, 0) is 18.2 Å². The van der Waals surface area contributed by atoms with E-state index in [1.54, 1.807) is 0 Å². The Kier molecular flexibility index (Phi) is 4.92. The lowest BCUT2D eigenvalue weighted by Gasteiger charge is -2.05. The molecule has 0 aromatic heterocycles. The van der Waals surface area contributed by atoms with Crippen LogP contribution in [0.25, 0.3) is 0 Å². The molecule has 0 saturated heterocycles. The van der Waals surface area contributed by atoms with E-state index in [-0.39, 0.29) is 11.3 Å². The second-order valence-electron chi connectivity index (χ2n) is 3.40. The number of nitrogens with zero attached hydrogens (tertiary/aromatic N) is 1. The molecule has 0 radical (unpaired) electrons. The summed E-state index contributed by atoms with van der Waals surface area (Å²) in [6, 6.07) is 4.67. The van der Waals surface area contributed by atoms with Crippen molar-refractivity contribution in [3.8, 4) is 0 Å². The predicted octanol–water partition coefficient (Wildman–Crippen LogP) is -1.34. The van der Waals surface area contributed by atoms with Crippen molar-refractivity contribution in [1.29, 1.82) is 0 Å². The van der Waals surface area contributed by atoms with Gasteiger partial charge < -0.3 is 9.90 Å². The third kappa shape index (κ3) is 4.56. The van der Waals surface area contributed by atoms with Crippen LogP contribution in [0.4, 0.5) is 5.69 Å². The van der Waals surface area contributed by atoms with E-state index >= 15 is 0 Å². The van der Waals surface area contributed by atoms with Gasteiger partial charge in [0.2, 0.25) is 0 Å². The zero-order chi connectivity index (χ0) is 15.1. The number of aliphatic carboxylic acids is 1. The zero-order valence-corrected chi connectivity index (χ0v) is 9.86. The number of nitrogens with one attached hydrogen (secondary N) is 2. The number of nitro groups is 1. The molecule has 2 amide bonds. The van der Waals surface area contributed by atoms with Crippen LogP contribution >= 0.6 is 0 Å². The molecule has 0 aliphatic heterocycles. The van der Waals surface area contributed by atoms with Crippen molar-refractivity contribution in [2.45, 2.75) is 0 Å². The molecule has 9 heteroatoms. The Bertz CT molecular complexity index is 578. The maximum Gasteiger partial charge on any atom is 0.269 e. The maximum atomic E-state index is 11.5. The Morgan fingerprint density at radius 3 is 2.15 bits per heavy atom. The van der Waals surface area contributed by atoms with Gasteiger partial charge in [0, 0.05) is 23.8 Å². The second-order valence-corrected chi connectivity index (χ2v) is 3.40. The molecule has 0 unspecified atom stereocenters. The molecule has 0 saturated carbocycles. The number of amides is 2. The second kappa shape index (κ2) is 6.64. The summed E-state index contributed by atoms with van der Waals surface area (Å²) in [5, 5.41) is 20.4. The number of hydrazine groups is 1. The molecule has 0 heterocycles. The molecule has 0 atom stereocenters. The van der Waals surface area contributed by atoms with Crippen molar-refractivity contribution in [2.75, 3.05) is 0 Å². The fourth-order valence-electron chi connectivity index (χ4n) is 1.11. The Balaban J connectivity index is 2.57. The van der Waals surface area contributed by atoms with Crippen LogP contribution in [-0.4, -0.2) is 22.7 Å². The van der Waals surface area contributed by atoms with Crippen molar-refractivity contribution >= 4 is 23.5 Å². The molecule has 104 valence electrons. The number of carboxylic acids is 1. The van der Waals surface area contributed by atoms with Crippen LogP contribution in [0.15, 0.2) is 36.4 Å². The zero-order valence-electron chi connectivity index (χ0n) is 9.86. The average molecular weight is 278 g/mol. The summed E-state index contributed by atoms with van der Waals surface area (Å²) in [6.07, 6.45) is 1.15. The van der Waals surface area contributed by atoms with Gasteiger partial charge in [-0.1, -0.05) is 0 Å². The molecule has 0 bridgehead atoms. The van der Waals surface area contributed by atoms with Gasteiger partial charge in [-0.2, -0.15) is 0 Å². The minimum absolute atomic E-state index is 0.0831. The summed E-state index contributed by atoms with van der Waals surface area (Å²) in [7, 11) is 0. The summed E-state index contributed by atoms with van der Waals surface area (Å²) < 4.78 is 0. The lowest BCUT2D eigenvalue weighted by molar-refractivity contribution is -0.384.